The lowest BCUT2D eigenvalue weighted by Gasteiger charge is -1.99. The van der Waals surface area contributed by atoms with Gasteiger partial charge in [0.2, 0.25) is 17.5 Å². The summed E-state index contributed by atoms with van der Waals surface area (Å²) in [6.45, 7) is 0. The average molecular weight is 295 g/mol. The molecule has 0 aliphatic heterocycles. The number of nitrogens with two attached hydrogens (primary N) is 2. The highest BCUT2D eigenvalue weighted by molar-refractivity contribution is 7.18. The fraction of sp³-hybridized carbons (Fsp3) is 0. The standard InChI is InChI=1S/C11H10FN5O2S/c12-6-3-1-2-5(4-6)11-15-10(19)8(20-11)7(18)9(16-13)17-14/h1-4,19H,13-14H2,(H,16,17). The molecule has 9 heteroatoms. The van der Waals surface area contributed by atoms with Gasteiger partial charge in [-0.15, -0.1) is 11.3 Å². The lowest BCUT2D eigenvalue weighted by atomic mass is 10.2. The molecule has 0 saturated carbocycles. The van der Waals surface area contributed by atoms with Gasteiger partial charge in [-0.1, -0.05) is 12.1 Å². The third-order valence-electron chi connectivity index (χ3n) is 2.37. The second kappa shape index (κ2) is 5.63. The zero-order valence-electron chi connectivity index (χ0n) is 10.0. The number of carbonyl (C=O) groups excluding carboxylic acids is 1. The molecule has 0 bridgehead atoms. The summed E-state index contributed by atoms with van der Waals surface area (Å²) in [7, 11) is 0. The summed E-state index contributed by atoms with van der Waals surface area (Å²) in [5.74, 6) is 8.11. The minimum atomic E-state index is -0.701. The molecule has 7 nitrogen and oxygen atoms in total. The van der Waals surface area contributed by atoms with Crippen molar-refractivity contribution < 1.29 is 14.3 Å². The molecule has 1 heterocycles. The fourth-order valence-electron chi connectivity index (χ4n) is 1.47. The summed E-state index contributed by atoms with van der Waals surface area (Å²) < 4.78 is 13.1. The number of benzene rings is 1. The molecule has 6 N–H and O–H groups in total. The van der Waals surface area contributed by atoms with Crippen molar-refractivity contribution in [3.8, 4) is 16.5 Å². The van der Waals surface area contributed by atoms with Gasteiger partial charge in [0.25, 0.3) is 0 Å². The SMILES string of the molecule is N/N=C(\NN)C(=O)c1sc(-c2cccc(F)c2)nc1O. The van der Waals surface area contributed by atoms with Gasteiger partial charge in [-0.2, -0.15) is 5.10 Å². The van der Waals surface area contributed by atoms with Crippen LogP contribution in [0.25, 0.3) is 10.6 Å². The number of carbonyl (C=O) groups is 1. The van der Waals surface area contributed by atoms with E-state index in [1.54, 1.807) is 6.07 Å². The number of amidine groups is 1. The number of hydrazine groups is 1. The number of hydrazone groups is 1. The van der Waals surface area contributed by atoms with E-state index in [1.807, 2.05) is 5.43 Å². The first-order chi connectivity index (χ1) is 9.56. The fourth-order valence-corrected chi connectivity index (χ4v) is 2.37. The molecule has 0 atom stereocenters. The van der Waals surface area contributed by atoms with Crippen LogP contribution in [0.3, 0.4) is 0 Å². The third-order valence-corrected chi connectivity index (χ3v) is 3.46. The minimum Gasteiger partial charge on any atom is -0.492 e. The summed E-state index contributed by atoms with van der Waals surface area (Å²) in [6, 6.07) is 5.62. The highest BCUT2D eigenvalue weighted by atomic mass is 32.1. The lowest BCUT2D eigenvalue weighted by Crippen LogP contribution is -2.37. The van der Waals surface area contributed by atoms with Crippen molar-refractivity contribution in [2.24, 2.45) is 16.8 Å². The number of thiazole rings is 1. The number of ketones is 1. The number of nitrogens with one attached hydrogen (secondary N) is 1. The predicted octanol–water partition coefficient (Wildman–Crippen LogP) is 0.573. The molecular formula is C11H10FN5O2S. The summed E-state index contributed by atoms with van der Waals surface area (Å²) in [4.78, 5) is 15.6. The maximum Gasteiger partial charge on any atom is 0.246 e. The van der Waals surface area contributed by atoms with E-state index in [0.29, 0.717) is 10.6 Å². The number of halogens is 1. The number of nitrogens with zero attached hydrogens (tertiary/aromatic N) is 2. The predicted molar refractivity (Wildman–Crippen MR) is 72.4 cm³/mol. The Kier molecular flexibility index (Phi) is 3.91. The van der Waals surface area contributed by atoms with Crippen LogP contribution >= 0.6 is 11.3 Å². The van der Waals surface area contributed by atoms with Gasteiger partial charge in [0.1, 0.15) is 15.7 Å². The lowest BCUT2D eigenvalue weighted by molar-refractivity contribution is 0.106. The molecule has 0 radical (unpaired) electrons. The van der Waals surface area contributed by atoms with Crippen molar-refractivity contribution in [3.05, 3.63) is 35.0 Å². The molecular weight excluding hydrogens is 285 g/mol. The Balaban J connectivity index is 2.42. The van der Waals surface area contributed by atoms with E-state index < -0.39 is 17.5 Å². The Morgan fingerprint density at radius 3 is 2.85 bits per heavy atom. The number of aromatic hydroxyl groups is 1. The van der Waals surface area contributed by atoms with E-state index in [2.05, 4.69) is 10.1 Å². The van der Waals surface area contributed by atoms with Crippen LogP contribution in [0.5, 0.6) is 5.88 Å². The van der Waals surface area contributed by atoms with Crippen LogP contribution < -0.4 is 17.1 Å². The van der Waals surface area contributed by atoms with Gasteiger partial charge in [-0.25, -0.2) is 15.2 Å². The molecule has 0 saturated heterocycles. The van der Waals surface area contributed by atoms with Crippen LogP contribution in [0.1, 0.15) is 9.67 Å². The van der Waals surface area contributed by atoms with Gasteiger partial charge in [0.15, 0.2) is 0 Å². The first-order valence-corrected chi connectivity index (χ1v) is 6.13. The van der Waals surface area contributed by atoms with E-state index in [-0.39, 0.29) is 10.7 Å². The van der Waals surface area contributed by atoms with Crippen molar-refractivity contribution in [3.63, 3.8) is 0 Å². The zero-order valence-corrected chi connectivity index (χ0v) is 10.8. The Hall–Kier alpha value is -2.52. The molecule has 0 amide bonds. The molecule has 0 aliphatic carbocycles. The third kappa shape index (κ3) is 2.58. The van der Waals surface area contributed by atoms with Crippen LogP contribution in [0.4, 0.5) is 4.39 Å². The zero-order chi connectivity index (χ0) is 14.7. The van der Waals surface area contributed by atoms with Crippen molar-refractivity contribution in [1.82, 2.24) is 10.4 Å². The molecule has 20 heavy (non-hydrogen) atoms. The maximum absolute atomic E-state index is 13.1. The quantitative estimate of drug-likeness (QED) is 0.216. The van der Waals surface area contributed by atoms with E-state index in [4.69, 9.17) is 11.7 Å². The van der Waals surface area contributed by atoms with Gasteiger partial charge in [0, 0.05) is 5.56 Å². The molecule has 1 aromatic carbocycles. The van der Waals surface area contributed by atoms with E-state index in [1.165, 1.54) is 18.2 Å². The van der Waals surface area contributed by atoms with Gasteiger partial charge in [-0.05, 0) is 12.1 Å². The number of Topliss-reactive ketones (excluding diaryl/α,β-unsaturated/α-hetero) is 1. The molecule has 1 aromatic heterocycles. The smallest absolute Gasteiger partial charge is 0.246 e. The first-order valence-electron chi connectivity index (χ1n) is 5.31. The van der Waals surface area contributed by atoms with E-state index in [9.17, 15) is 14.3 Å². The second-order valence-electron chi connectivity index (χ2n) is 3.63. The van der Waals surface area contributed by atoms with Crippen molar-refractivity contribution in [1.29, 1.82) is 0 Å². The van der Waals surface area contributed by atoms with Gasteiger partial charge in [0.05, 0.1) is 0 Å². The van der Waals surface area contributed by atoms with Crippen LogP contribution in [0, 0.1) is 5.82 Å². The number of hydrogen-bond donors (Lipinski definition) is 4. The van der Waals surface area contributed by atoms with Gasteiger partial charge in [-0.3, -0.25) is 4.79 Å². The number of rotatable bonds is 3. The van der Waals surface area contributed by atoms with Crippen LogP contribution in [0.15, 0.2) is 29.4 Å². The molecule has 0 aliphatic rings. The molecule has 0 spiro atoms. The molecule has 0 fully saturated rings. The summed E-state index contributed by atoms with van der Waals surface area (Å²) in [6.07, 6.45) is 0. The minimum absolute atomic E-state index is 0.0913. The topological polar surface area (TPSA) is 127 Å². The second-order valence-corrected chi connectivity index (χ2v) is 4.63. The molecule has 104 valence electrons. The summed E-state index contributed by atoms with van der Waals surface area (Å²) >= 11 is 0.879. The highest BCUT2D eigenvalue weighted by Gasteiger charge is 2.22. The van der Waals surface area contributed by atoms with Crippen LogP contribution in [-0.2, 0) is 0 Å². The van der Waals surface area contributed by atoms with Crippen molar-refractivity contribution >= 4 is 23.0 Å². The Labute approximate surface area is 116 Å². The average Bonchev–Trinajstić information content (AvgIpc) is 2.82. The Bertz CT molecular complexity index is 685. The highest BCUT2D eigenvalue weighted by Crippen LogP contribution is 2.32. The van der Waals surface area contributed by atoms with Gasteiger partial charge >= 0.3 is 0 Å². The van der Waals surface area contributed by atoms with E-state index >= 15 is 0 Å². The largest absolute Gasteiger partial charge is 0.492 e. The van der Waals surface area contributed by atoms with Crippen LogP contribution in [-0.4, -0.2) is 21.7 Å². The molecule has 2 rings (SSSR count). The summed E-state index contributed by atoms with van der Waals surface area (Å²) in [5, 5.41) is 13.1. The number of hydrogen-bond acceptors (Lipinski definition) is 7. The van der Waals surface area contributed by atoms with Crippen molar-refractivity contribution in [2.75, 3.05) is 0 Å². The molecule has 0 unspecified atom stereocenters. The number of aromatic nitrogens is 1. The normalized spacial score (nSPS) is 11.4. The maximum atomic E-state index is 13.1. The van der Waals surface area contributed by atoms with Gasteiger partial charge < -0.3 is 16.4 Å². The Morgan fingerprint density at radius 2 is 2.25 bits per heavy atom. The van der Waals surface area contributed by atoms with Crippen molar-refractivity contribution in [2.45, 2.75) is 0 Å². The molecule has 2 aromatic rings. The Morgan fingerprint density at radius 1 is 1.50 bits per heavy atom. The van der Waals surface area contributed by atoms with Crippen LogP contribution in [0.2, 0.25) is 0 Å². The van der Waals surface area contributed by atoms with E-state index in [0.717, 1.165) is 11.3 Å². The summed E-state index contributed by atoms with van der Waals surface area (Å²) in [5.41, 5.74) is 2.46. The first kappa shape index (κ1) is 13.9. The monoisotopic (exact) mass is 295 g/mol.